The van der Waals surface area contributed by atoms with Crippen molar-refractivity contribution >= 4 is 29.0 Å². The van der Waals surface area contributed by atoms with Crippen LogP contribution in [0.5, 0.6) is 0 Å². The summed E-state index contributed by atoms with van der Waals surface area (Å²) in [6.07, 6.45) is 0. The van der Waals surface area contributed by atoms with E-state index < -0.39 is 17.2 Å². The number of likely N-dealkylation sites (N-methyl/N-ethyl adjacent to an activating group) is 1. The Morgan fingerprint density at radius 2 is 1.90 bits per heavy atom. The van der Waals surface area contributed by atoms with E-state index in [1.807, 2.05) is 18.7 Å². The van der Waals surface area contributed by atoms with E-state index in [1.165, 1.54) is 4.90 Å². The molecular weight excluding hydrogens is 270 g/mol. The SMILES string of the molecule is CN1C(=O)C(=O)c2ccc(N3CCNC(=O)C3(C)C)cc21. The molecule has 3 rings (SSSR count). The van der Waals surface area contributed by atoms with Crippen molar-refractivity contribution in [3.05, 3.63) is 23.8 Å². The number of Topliss-reactive ketones (excluding diaryl/α,β-unsaturated/α-hetero) is 1. The quantitative estimate of drug-likeness (QED) is 0.766. The number of amides is 2. The van der Waals surface area contributed by atoms with Gasteiger partial charge in [0.05, 0.1) is 11.3 Å². The van der Waals surface area contributed by atoms with E-state index in [2.05, 4.69) is 5.32 Å². The molecule has 110 valence electrons. The molecule has 6 heteroatoms. The van der Waals surface area contributed by atoms with Gasteiger partial charge in [-0.25, -0.2) is 0 Å². The van der Waals surface area contributed by atoms with Gasteiger partial charge < -0.3 is 15.1 Å². The van der Waals surface area contributed by atoms with Crippen molar-refractivity contribution in [3.8, 4) is 0 Å². The number of nitrogens with one attached hydrogen (secondary N) is 1. The smallest absolute Gasteiger partial charge is 0.299 e. The van der Waals surface area contributed by atoms with Crippen molar-refractivity contribution in [1.82, 2.24) is 5.32 Å². The minimum atomic E-state index is -0.669. The van der Waals surface area contributed by atoms with Crippen LogP contribution in [0.4, 0.5) is 11.4 Å². The van der Waals surface area contributed by atoms with Crippen molar-refractivity contribution in [3.63, 3.8) is 0 Å². The molecule has 2 aliphatic rings. The van der Waals surface area contributed by atoms with Crippen LogP contribution in [-0.2, 0) is 9.59 Å². The fourth-order valence-electron chi connectivity index (χ4n) is 2.89. The number of carbonyl (C=O) groups excluding carboxylic acids is 3. The van der Waals surface area contributed by atoms with Gasteiger partial charge in [-0.05, 0) is 32.0 Å². The molecule has 1 aromatic carbocycles. The molecule has 21 heavy (non-hydrogen) atoms. The number of ketones is 1. The Labute approximate surface area is 122 Å². The first-order valence-electron chi connectivity index (χ1n) is 6.86. The summed E-state index contributed by atoms with van der Waals surface area (Å²) in [5.74, 6) is -1.03. The van der Waals surface area contributed by atoms with Crippen LogP contribution in [0, 0.1) is 0 Å². The molecule has 1 aromatic rings. The van der Waals surface area contributed by atoms with Gasteiger partial charge in [0.25, 0.3) is 11.7 Å². The Kier molecular flexibility index (Phi) is 2.79. The van der Waals surface area contributed by atoms with E-state index in [4.69, 9.17) is 0 Å². The first-order valence-corrected chi connectivity index (χ1v) is 6.86. The minimum absolute atomic E-state index is 0.0326. The van der Waals surface area contributed by atoms with Crippen molar-refractivity contribution in [2.75, 3.05) is 29.9 Å². The van der Waals surface area contributed by atoms with Gasteiger partial charge in [0.15, 0.2) is 0 Å². The van der Waals surface area contributed by atoms with Gasteiger partial charge in [-0.1, -0.05) is 0 Å². The van der Waals surface area contributed by atoms with Crippen LogP contribution in [-0.4, -0.2) is 43.3 Å². The molecule has 0 radical (unpaired) electrons. The van der Waals surface area contributed by atoms with Crippen LogP contribution in [0.1, 0.15) is 24.2 Å². The van der Waals surface area contributed by atoms with Gasteiger partial charge in [0.1, 0.15) is 5.54 Å². The Balaban J connectivity index is 2.04. The van der Waals surface area contributed by atoms with Crippen LogP contribution < -0.4 is 15.1 Å². The summed E-state index contributed by atoms with van der Waals surface area (Å²) in [5, 5.41) is 2.85. The lowest BCUT2D eigenvalue weighted by Crippen LogP contribution is -2.62. The van der Waals surface area contributed by atoms with E-state index in [0.717, 1.165) is 5.69 Å². The van der Waals surface area contributed by atoms with E-state index in [9.17, 15) is 14.4 Å². The van der Waals surface area contributed by atoms with Crippen LogP contribution in [0.25, 0.3) is 0 Å². The number of carbonyl (C=O) groups is 3. The summed E-state index contributed by atoms with van der Waals surface area (Å²) < 4.78 is 0. The summed E-state index contributed by atoms with van der Waals surface area (Å²) >= 11 is 0. The highest BCUT2D eigenvalue weighted by molar-refractivity contribution is 6.52. The average Bonchev–Trinajstić information content (AvgIpc) is 2.66. The third kappa shape index (κ3) is 1.82. The Bertz CT molecular complexity index is 666. The molecule has 1 N–H and O–H groups in total. The molecule has 0 atom stereocenters. The normalized spacial score (nSPS) is 20.6. The molecule has 2 amide bonds. The van der Waals surface area contributed by atoms with E-state index in [-0.39, 0.29) is 5.91 Å². The standard InChI is InChI=1S/C15H17N3O3/c1-15(2)14(21)16-6-7-18(15)9-4-5-10-11(8-9)17(3)13(20)12(10)19/h4-5,8H,6-7H2,1-3H3,(H,16,21). The van der Waals surface area contributed by atoms with E-state index >= 15 is 0 Å². The second kappa shape index (κ2) is 4.31. The lowest BCUT2D eigenvalue weighted by molar-refractivity contribution is -0.126. The number of rotatable bonds is 1. The van der Waals surface area contributed by atoms with Crippen molar-refractivity contribution in [1.29, 1.82) is 0 Å². The highest BCUT2D eigenvalue weighted by atomic mass is 16.2. The fraction of sp³-hybridized carbons (Fsp3) is 0.400. The highest BCUT2D eigenvalue weighted by Crippen LogP contribution is 2.34. The number of piperazine rings is 1. The Hall–Kier alpha value is -2.37. The molecule has 0 spiro atoms. The zero-order valence-corrected chi connectivity index (χ0v) is 12.3. The largest absolute Gasteiger partial charge is 0.356 e. The molecular formula is C15H17N3O3. The molecule has 6 nitrogen and oxygen atoms in total. The topological polar surface area (TPSA) is 69.7 Å². The summed E-state index contributed by atoms with van der Waals surface area (Å²) in [4.78, 5) is 38.9. The molecule has 1 fully saturated rings. The van der Waals surface area contributed by atoms with Crippen molar-refractivity contribution in [2.24, 2.45) is 0 Å². The molecule has 0 unspecified atom stereocenters. The number of benzene rings is 1. The maximum atomic E-state index is 12.0. The zero-order valence-electron chi connectivity index (χ0n) is 12.3. The highest BCUT2D eigenvalue weighted by Gasteiger charge is 2.39. The predicted molar refractivity (Wildman–Crippen MR) is 78.6 cm³/mol. The summed E-state index contributed by atoms with van der Waals surface area (Å²) in [7, 11) is 1.59. The lowest BCUT2D eigenvalue weighted by atomic mass is 9.97. The van der Waals surface area contributed by atoms with Gasteiger partial charge in [0.2, 0.25) is 5.91 Å². The third-order valence-electron chi connectivity index (χ3n) is 4.25. The maximum absolute atomic E-state index is 12.0. The van der Waals surface area contributed by atoms with Crippen LogP contribution in [0.2, 0.25) is 0 Å². The van der Waals surface area contributed by atoms with Gasteiger partial charge in [-0.15, -0.1) is 0 Å². The minimum Gasteiger partial charge on any atom is -0.356 e. The van der Waals surface area contributed by atoms with Gasteiger partial charge in [-0.2, -0.15) is 0 Å². The molecule has 0 saturated carbocycles. The summed E-state index contributed by atoms with van der Waals surface area (Å²) in [5.41, 5.74) is 1.19. The van der Waals surface area contributed by atoms with Gasteiger partial charge >= 0.3 is 0 Å². The van der Waals surface area contributed by atoms with E-state index in [0.29, 0.717) is 24.3 Å². The maximum Gasteiger partial charge on any atom is 0.299 e. The van der Waals surface area contributed by atoms with Crippen LogP contribution in [0.15, 0.2) is 18.2 Å². The van der Waals surface area contributed by atoms with Crippen LogP contribution in [0.3, 0.4) is 0 Å². The first kappa shape index (κ1) is 13.6. The Morgan fingerprint density at radius 3 is 2.62 bits per heavy atom. The number of anilines is 2. The number of hydrogen-bond acceptors (Lipinski definition) is 4. The van der Waals surface area contributed by atoms with Gasteiger partial charge in [0, 0.05) is 25.8 Å². The van der Waals surface area contributed by atoms with Crippen LogP contribution >= 0.6 is 0 Å². The number of nitrogens with zero attached hydrogens (tertiary/aromatic N) is 2. The predicted octanol–water partition coefficient (Wildman–Crippen LogP) is 0.560. The Morgan fingerprint density at radius 1 is 1.19 bits per heavy atom. The monoisotopic (exact) mass is 287 g/mol. The van der Waals surface area contributed by atoms with E-state index in [1.54, 1.807) is 25.2 Å². The fourth-order valence-corrected chi connectivity index (χ4v) is 2.89. The molecule has 0 bridgehead atoms. The van der Waals surface area contributed by atoms with Crippen molar-refractivity contribution in [2.45, 2.75) is 19.4 Å². The molecule has 0 aromatic heterocycles. The number of hydrogen-bond donors (Lipinski definition) is 1. The summed E-state index contributed by atoms with van der Waals surface area (Å²) in [6.45, 7) is 4.97. The molecule has 0 aliphatic carbocycles. The second-order valence-electron chi connectivity index (χ2n) is 5.86. The number of fused-ring (bicyclic) bond motifs is 1. The zero-order chi connectivity index (χ0) is 15.4. The molecule has 1 saturated heterocycles. The third-order valence-corrected chi connectivity index (χ3v) is 4.25. The molecule has 2 aliphatic heterocycles. The lowest BCUT2D eigenvalue weighted by Gasteiger charge is -2.43. The van der Waals surface area contributed by atoms with Crippen molar-refractivity contribution < 1.29 is 14.4 Å². The average molecular weight is 287 g/mol. The van der Waals surface area contributed by atoms with Gasteiger partial charge in [-0.3, -0.25) is 14.4 Å². The summed E-state index contributed by atoms with van der Waals surface area (Å²) in [6, 6.07) is 5.26. The first-order chi connectivity index (χ1) is 9.84. The second-order valence-corrected chi connectivity index (χ2v) is 5.86. The molecule has 2 heterocycles.